The largest absolute Gasteiger partial charge is 0.484 e. The molecule has 0 spiro atoms. The van der Waals surface area contributed by atoms with Gasteiger partial charge in [-0.1, -0.05) is 53.7 Å². The fourth-order valence-corrected chi connectivity index (χ4v) is 3.22. The molecule has 1 unspecified atom stereocenters. The summed E-state index contributed by atoms with van der Waals surface area (Å²) in [5.74, 6) is 0.820. The van der Waals surface area contributed by atoms with Gasteiger partial charge in [-0.25, -0.2) is 0 Å². The summed E-state index contributed by atoms with van der Waals surface area (Å²) in [4.78, 5) is 14.5. The highest BCUT2D eigenvalue weighted by atomic mass is 16.5. The van der Waals surface area contributed by atoms with Crippen LogP contribution in [0.3, 0.4) is 0 Å². The maximum atomic E-state index is 12.4. The molecule has 6 heteroatoms. The minimum Gasteiger partial charge on any atom is -0.484 e. The van der Waals surface area contributed by atoms with Crippen molar-refractivity contribution < 1.29 is 14.1 Å². The summed E-state index contributed by atoms with van der Waals surface area (Å²) < 4.78 is 11.1. The Balaban J connectivity index is 1.48. The number of para-hydroxylation sites is 1. The highest BCUT2D eigenvalue weighted by molar-refractivity contribution is 5.78. The summed E-state index contributed by atoms with van der Waals surface area (Å²) in [7, 11) is 0. The summed E-state index contributed by atoms with van der Waals surface area (Å²) in [5.41, 5.74) is 2.89. The third-order valence-electron chi connectivity index (χ3n) is 4.56. The molecule has 1 aromatic heterocycles. The Morgan fingerprint density at radius 1 is 1.11 bits per heavy atom. The van der Waals surface area contributed by atoms with Crippen LogP contribution in [0, 0.1) is 0 Å². The molecule has 3 aromatic rings. The highest BCUT2D eigenvalue weighted by Crippen LogP contribution is 2.30. The second-order valence-corrected chi connectivity index (χ2v) is 6.56. The van der Waals surface area contributed by atoms with Crippen molar-refractivity contribution in [1.29, 1.82) is 0 Å². The van der Waals surface area contributed by atoms with Gasteiger partial charge in [0.2, 0.25) is 5.91 Å². The number of fused-ring (bicyclic) bond motifs is 1. The lowest BCUT2D eigenvalue weighted by Gasteiger charge is -2.23. The molecule has 1 aliphatic rings. The normalized spacial score (nSPS) is 16.8. The summed E-state index contributed by atoms with van der Waals surface area (Å²) in [6.45, 7) is 1.95. The van der Waals surface area contributed by atoms with E-state index in [2.05, 4.69) is 27.5 Å². The van der Waals surface area contributed by atoms with Gasteiger partial charge in [0.25, 0.3) is 0 Å². The Morgan fingerprint density at radius 2 is 1.93 bits per heavy atom. The molecule has 2 heterocycles. The molecule has 2 aromatic carbocycles. The fraction of sp³-hybridized carbons (Fsp3) is 0.238. The van der Waals surface area contributed by atoms with Crippen molar-refractivity contribution in [2.24, 2.45) is 0 Å². The monoisotopic (exact) mass is 363 g/mol. The molecule has 4 rings (SSSR count). The van der Waals surface area contributed by atoms with E-state index in [0.29, 0.717) is 31.9 Å². The Kier molecular flexibility index (Phi) is 5.16. The number of rotatable bonds is 5. The maximum absolute atomic E-state index is 12.4. The zero-order chi connectivity index (χ0) is 18.5. The number of hydrogen-bond acceptors (Lipinski definition) is 5. The first-order valence-electron chi connectivity index (χ1n) is 8.96. The second-order valence-electron chi connectivity index (χ2n) is 6.56. The number of hydrogen-bond donors (Lipinski definition) is 1. The predicted molar refractivity (Wildman–Crippen MR) is 99.9 cm³/mol. The average molecular weight is 363 g/mol. The fourth-order valence-electron chi connectivity index (χ4n) is 3.22. The maximum Gasteiger partial charge on any atom is 0.234 e. The molecule has 6 nitrogen and oxygen atoms in total. The van der Waals surface area contributed by atoms with E-state index >= 15 is 0 Å². The van der Waals surface area contributed by atoms with Crippen LogP contribution in [0.15, 0.2) is 71.4 Å². The molecular formula is C21H21N3O3. The van der Waals surface area contributed by atoms with Crippen LogP contribution in [0.4, 0.5) is 0 Å². The average Bonchev–Trinajstić information content (AvgIpc) is 3.14. The number of carbonyl (C=O) groups is 1. The van der Waals surface area contributed by atoms with Gasteiger partial charge in [-0.3, -0.25) is 9.69 Å². The first kappa shape index (κ1) is 17.3. The van der Waals surface area contributed by atoms with Gasteiger partial charge in [0.1, 0.15) is 23.8 Å². The Morgan fingerprint density at radius 3 is 2.74 bits per heavy atom. The first-order chi connectivity index (χ1) is 13.3. The summed E-state index contributed by atoms with van der Waals surface area (Å²) in [5, 5.41) is 6.70. The molecule has 0 fully saturated rings. The number of nitrogens with one attached hydrogen (secondary N) is 1. The quantitative estimate of drug-likeness (QED) is 0.755. The van der Waals surface area contributed by atoms with Crippen molar-refractivity contribution in [3.63, 3.8) is 0 Å². The van der Waals surface area contributed by atoms with Crippen molar-refractivity contribution >= 4 is 5.91 Å². The van der Waals surface area contributed by atoms with E-state index in [9.17, 15) is 4.79 Å². The van der Waals surface area contributed by atoms with Gasteiger partial charge in [-0.2, -0.15) is 0 Å². The summed E-state index contributed by atoms with van der Waals surface area (Å²) in [6, 6.07) is 19.8. The molecule has 0 saturated carbocycles. The number of amides is 1. The number of ether oxygens (including phenoxy) is 1. The topological polar surface area (TPSA) is 67.6 Å². The van der Waals surface area contributed by atoms with Crippen LogP contribution in [-0.2, 0) is 17.9 Å². The molecule has 0 bridgehead atoms. The minimum atomic E-state index is -0.127. The van der Waals surface area contributed by atoms with Gasteiger partial charge in [0.15, 0.2) is 0 Å². The van der Waals surface area contributed by atoms with Gasteiger partial charge in [0.05, 0.1) is 13.1 Å². The third kappa shape index (κ3) is 4.35. The predicted octanol–water partition coefficient (Wildman–Crippen LogP) is 2.93. The molecule has 0 radical (unpaired) electrons. The standard InChI is InChI=1S/C21H21N3O3/c25-21(22-12-18-10-11-26-23-18)15-24-13-17-8-4-5-9-19(17)27-20(14-24)16-6-2-1-3-7-16/h1-11,20H,12-15H2,(H,22,25). The molecule has 0 aliphatic carbocycles. The Bertz CT molecular complexity index is 881. The van der Waals surface area contributed by atoms with Crippen LogP contribution in [0.1, 0.15) is 22.9 Å². The van der Waals surface area contributed by atoms with Gasteiger partial charge in [0, 0.05) is 24.7 Å². The molecule has 1 N–H and O–H groups in total. The van der Waals surface area contributed by atoms with E-state index in [0.717, 1.165) is 16.9 Å². The van der Waals surface area contributed by atoms with Crippen LogP contribution in [0.2, 0.25) is 0 Å². The molecule has 0 saturated heterocycles. The Labute approximate surface area is 157 Å². The van der Waals surface area contributed by atoms with E-state index in [-0.39, 0.29) is 12.0 Å². The summed E-state index contributed by atoms with van der Waals surface area (Å²) >= 11 is 0. The smallest absolute Gasteiger partial charge is 0.234 e. The number of nitrogens with zero attached hydrogens (tertiary/aromatic N) is 2. The summed E-state index contributed by atoms with van der Waals surface area (Å²) in [6.07, 6.45) is 1.37. The van der Waals surface area contributed by atoms with Crippen LogP contribution < -0.4 is 10.1 Å². The van der Waals surface area contributed by atoms with Gasteiger partial charge < -0.3 is 14.6 Å². The van der Waals surface area contributed by atoms with E-state index in [1.165, 1.54) is 6.26 Å². The number of carbonyl (C=O) groups excluding carboxylic acids is 1. The first-order valence-corrected chi connectivity index (χ1v) is 8.96. The second kappa shape index (κ2) is 8.05. The Hall–Kier alpha value is -3.12. The van der Waals surface area contributed by atoms with E-state index < -0.39 is 0 Å². The van der Waals surface area contributed by atoms with Gasteiger partial charge >= 0.3 is 0 Å². The van der Waals surface area contributed by atoms with Crippen LogP contribution in [0.25, 0.3) is 0 Å². The van der Waals surface area contributed by atoms with Crippen molar-refractivity contribution in [2.45, 2.75) is 19.2 Å². The molecule has 138 valence electrons. The van der Waals surface area contributed by atoms with Crippen LogP contribution >= 0.6 is 0 Å². The zero-order valence-electron chi connectivity index (χ0n) is 14.9. The number of benzene rings is 2. The lowest BCUT2D eigenvalue weighted by atomic mass is 10.1. The lowest BCUT2D eigenvalue weighted by Crippen LogP contribution is -2.38. The van der Waals surface area contributed by atoms with Gasteiger partial charge in [-0.15, -0.1) is 0 Å². The van der Waals surface area contributed by atoms with Gasteiger partial charge in [-0.05, 0) is 11.6 Å². The highest BCUT2D eigenvalue weighted by Gasteiger charge is 2.25. The third-order valence-corrected chi connectivity index (χ3v) is 4.56. The lowest BCUT2D eigenvalue weighted by molar-refractivity contribution is -0.122. The number of aromatic nitrogens is 1. The van der Waals surface area contributed by atoms with Crippen LogP contribution in [0.5, 0.6) is 5.75 Å². The van der Waals surface area contributed by atoms with Crippen molar-refractivity contribution in [1.82, 2.24) is 15.4 Å². The molecule has 27 heavy (non-hydrogen) atoms. The molecule has 1 atom stereocenters. The van der Waals surface area contributed by atoms with E-state index in [1.807, 2.05) is 42.5 Å². The van der Waals surface area contributed by atoms with Crippen molar-refractivity contribution in [2.75, 3.05) is 13.1 Å². The molecule has 1 aliphatic heterocycles. The van der Waals surface area contributed by atoms with Crippen LogP contribution in [-0.4, -0.2) is 29.1 Å². The zero-order valence-corrected chi connectivity index (χ0v) is 14.9. The SMILES string of the molecule is O=C(CN1Cc2ccccc2OC(c2ccccc2)C1)NCc1ccon1. The van der Waals surface area contributed by atoms with Crippen molar-refractivity contribution in [3.05, 3.63) is 83.7 Å². The van der Waals surface area contributed by atoms with E-state index in [1.54, 1.807) is 6.07 Å². The van der Waals surface area contributed by atoms with E-state index in [4.69, 9.17) is 9.26 Å². The molecule has 1 amide bonds. The minimum absolute atomic E-state index is 0.0517. The molecular weight excluding hydrogens is 342 g/mol. The van der Waals surface area contributed by atoms with Crippen molar-refractivity contribution in [3.8, 4) is 5.75 Å².